The Balaban J connectivity index is 1.75. The molecule has 33 heavy (non-hydrogen) atoms. The summed E-state index contributed by atoms with van der Waals surface area (Å²) in [4.78, 5) is 30.7. The molecule has 2 N–H and O–H groups in total. The third kappa shape index (κ3) is 4.48. The number of para-hydroxylation sites is 2. The van der Waals surface area contributed by atoms with Gasteiger partial charge in [-0.25, -0.2) is 9.79 Å². The lowest BCUT2D eigenvalue weighted by atomic mass is 10.1. The molecule has 0 unspecified atom stereocenters. The largest absolute Gasteiger partial charge is 0.462 e. The minimum absolute atomic E-state index is 0.109. The zero-order valence-corrected chi connectivity index (χ0v) is 19.0. The predicted molar refractivity (Wildman–Crippen MR) is 125 cm³/mol. The van der Waals surface area contributed by atoms with E-state index in [0.29, 0.717) is 28.5 Å². The summed E-state index contributed by atoms with van der Waals surface area (Å²) >= 11 is 0. The highest BCUT2D eigenvalue weighted by molar-refractivity contribution is 6.26. The summed E-state index contributed by atoms with van der Waals surface area (Å²) in [6, 6.07) is 10.8. The summed E-state index contributed by atoms with van der Waals surface area (Å²) in [5.41, 5.74) is 2.77. The summed E-state index contributed by atoms with van der Waals surface area (Å²) in [7, 11) is 0. The Morgan fingerprint density at radius 1 is 1.15 bits per heavy atom. The second-order valence-corrected chi connectivity index (χ2v) is 8.11. The van der Waals surface area contributed by atoms with Crippen molar-refractivity contribution in [2.75, 3.05) is 11.9 Å². The number of esters is 1. The molecule has 0 aliphatic carbocycles. The van der Waals surface area contributed by atoms with Gasteiger partial charge in [-0.1, -0.05) is 26.0 Å². The molecule has 9 nitrogen and oxygen atoms in total. The normalized spacial score (nSPS) is 13.3. The average Bonchev–Trinajstić information content (AvgIpc) is 3.10. The molecule has 3 heterocycles. The third-order valence-electron chi connectivity index (χ3n) is 5.12. The molecule has 4 rings (SSSR count). The molecule has 1 aliphatic heterocycles. The standard InChI is InChI=1S/C24H26N6O3/c1-5-33-24(32)20-15(4)25-17-10-6-7-11-18(17)26-21(20)27-23(31)16-9-8-12-30-19(13-14(2)3)28-29-22(16)30/h6-12,14,25H,5,13H2,1-4H3,(H,26,27,31). The smallest absolute Gasteiger partial charge is 0.343 e. The van der Waals surface area contributed by atoms with Crippen molar-refractivity contribution in [3.63, 3.8) is 0 Å². The van der Waals surface area contributed by atoms with Crippen molar-refractivity contribution in [1.82, 2.24) is 19.9 Å². The van der Waals surface area contributed by atoms with Gasteiger partial charge in [0.15, 0.2) is 5.65 Å². The van der Waals surface area contributed by atoms with Crippen molar-refractivity contribution in [3.8, 4) is 0 Å². The summed E-state index contributed by atoms with van der Waals surface area (Å²) in [6.45, 7) is 7.86. The molecule has 1 aliphatic rings. The van der Waals surface area contributed by atoms with E-state index >= 15 is 0 Å². The Morgan fingerprint density at radius 2 is 1.94 bits per heavy atom. The Labute approximate surface area is 191 Å². The molecule has 3 aromatic rings. The number of anilines is 1. The molecule has 0 radical (unpaired) electrons. The number of fused-ring (bicyclic) bond motifs is 2. The topological polar surface area (TPSA) is 110 Å². The minimum Gasteiger partial charge on any atom is -0.462 e. The maximum absolute atomic E-state index is 13.3. The van der Waals surface area contributed by atoms with Crippen LogP contribution in [0.4, 0.5) is 11.4 Å². The molecular weight excluding hydrogens is 420 g/mol. The van der Waals surface area contributed by atoms with Gasteiger partial charge in [-0.15, -0.1) is 10.2 Å². The van der Waals surface area contributed by atoms with Gasteiger partial charge in [0.25, 0.3) is 5.91 Å². The molecule has 1 amide bonds. The summed E-state index contributed by atoms with van der Waals surface area (Å²) in [6.07, 6.45) is 2.57. The van der Waals surface area contributed by atoms with Crippen LogP contribution < -0.4 is 10.6 Å². The first-order valence-corrected chi connectivity index (χ1v) is 10.9. The van der Waals surface area contributed by atoms with Crippen molar-refractivity contribution < 1.29 is 14.3 Å². The van der Waals surface area contributed by atoms with E-state index in [-0.39, 0.29) is 18.0 Å². The number of nitrogens with zero attached hydrogens (tertiary/aromatic N) is 4. The number of hydrogen-bond acceptors (Lipinski definition) is 7. The van der Waals surface area contributed by atoms with Crippen LogP contribution in [-0.4, -0.2) is 38.9 Å². The number of aromatic nitrogens is 3. The van der Waals surface area contributed by atoms with Gasteiger partial charge in [-0.3, -0.25) is 9.20 Å². The van der Waals surface area contributed by atoms with Crippen LogP contribution in [0.3, 0.4) is 0 Å². The number of carbonyl (C=O) groups excluding carboxylic acids is 2. The number of rotatable bonds is 5. The molecule has 0 fully saturated rings. The maximum atomic E-state index is 13.3. The minimum atomic E-state index is -0.575. The molecule has 170 valence electrons. The fourth-order valence-electron chi connectivity index (χ4n) is 3.66. The number of nitrogens with one attached hydrogen (secondary N) is 2. The lowest BCUT2D eigenvalue weighted by Gasteiger charge is -2.13. The quantitative estimate of drug-likeness (QED) is 0.579. The number of allylic oxidation sites excluding steroid dienone is 1. The third-order valence-corrected chi connectivity index (χ3v) is 5.12. The lowest BCUT2D eigenvalue weighted by Crippen LogP contribution is -2.35. The van der Waals surface area contributed by atoms with Crippen molar-refractivity contribution in [2.45, 2.75) is 34.1 Å². The lowest BCUT2D eigenvalue weighted by molar-refractivity contribution is -0.137. The molecule has 0 bridgehead atoms. The highest BCUT2D eigenvalue weighted by Crippen LogP contribution is 2.30. The maximum Gasteiger partial charge on any atom is 0.343 e. The van der Waals surface area contributed by atoms with Crippen LogP contribution in [0.15, 0.2) is 58.9 Å². The number of ether oxygens (including phenoxy) is 1. The SMILES string of the molecule is CCOC(=O)C1=C(C)Nc2ccccc2N=C1NC(=O)c1cccn2c(CC(C)C)nnc12. The number of carbonyl (C=O) groups is 2. The van der Waals surface area contributed by atoms with E-state index in [2.05, 4.69) is 39.7 Å². The van der Waals surface area contributed by atoms with Gasteiger partial charge >= 0.3 is 5.97 Å². The van der Waals surface area contributed by atoms with E-state index in [9.17, 15) is 9.59 Å². The predicted octanol–water partition coefficient (Wildman–Crippen LogP) is 3.65. The van der Waals surface area contributed by atoms with Gasteiger partial charge in [-0.05, 0) is 44.0 Å². The van der Waals surface area contributed by atoms with Gasteiger partial charge < -0.3 is 15.4 Å². The summed E-state index contributed by atoms with van der Waals surface area (Å²) < 4.78 is 7.05. The first-order chi connectivity index (χ1) is 15.9. The second kappa shape index (κ2) is 9.23. The van der Waals surface area contributed by atoms with Crippen molar-refractivity contribution in [3.05, 3.63) is 65.3 Å². The van der Waals surface area contributed by atoms with Crippen LogP contribution in [0.25, 0.3) is 5.65 Å². The number of amides is 1. The van der Waals surface area contributed by atoms with E-state index in [1.165, 1.54) is 0 Å². The van der Waals surface area contributed by atoms with Gasteiger partial charge in [0, 0.05) is 18.3 Å². The van der Waals surface area contributed by atoms with Crippen molar-refractivity contribution >= 4 is 34.7 Å². The van der Waals surface area contributed by atoms with E-state index in [0.717, 1.165) is 17.9 Å². The molecule has 0 saturated carbocycles. The Hall–Kier alpha value is -4.01. The van der Waals surface area contributed by atoms with Crippen molar-refractivity contribution in [1.29, 1.82) is 0 Å². The second-order valence-electron chi connectivity index (χ2n) is 8.11. The molecule has 2 aromatic heterocycles. The average molecular weight is 447 g/mol. The highest BCUT2D eigenvalue weighted by atomic mass is 16.5. The monoisotopic (exact) mass is 446 g/mol. The van der Waals surface area contributed by atoms with Gasteiger partial charge in [0.2, 0.25) is 0 Å². The zero-order valence-electron chi connectivity index (χ0n) is 19.0. The first kappa shape index (κ1) is 22.2. The van der Waals surface area contributed by atoms with E-state index in [4.69, 9.17) is 4.74 Å². The molecule has 9 heteroatoms. The number of aliphatic imine (C=N–C) groups is 1. The first-order valence-electron chi connectivity index (χ1n) is 10.9. The number of pyridine rings is 1. The number of benzene rings is 1. The Morgan fingerprint density at radius 3 is 2.70 bits per heavy atom. The number of amidine groups is 1. The Bertz CT molecular complexity index is 1290. The highest BCUT2D eigenvalue weighted by Gasteiger charge is 2.27. The fraction of sp³-hybridized carbons (Fsp3) is 0.292. The number of hydrogen-bond donors (Lipinski definition) is 2. The fourth-order valence-corrected chi connectivity index (χ4v) is 3.66. The Kier molecular flexibility index (Phi) is 6.21. The van der Waals surface area contributed by atoms with Crippen LogP contribution in [-0.2, 0) is 16.0 Å². The van der Waals surface area contributed by atoms with E-state index in [1.54, 1.807) is 32.0 Å². The van der Waals surface area contributed by atoms with Gasteiger partial charge in [0.05, 0.1) is 23.5 Å². The molecule has 1 aromatic carbocycles. The summed E-state index contributed by atoms with van der Waals surface area (Å²) in [5.74, 6) is 0.258. The van der Waals surface area contributed by atoms with Crippen LogP contribution in [0, 0.1) is 5.92 Å². The summed E-state index contributed by atoms with van der Waals surface area (Å²) in [5, 5.41) is 14.5. The zero-order chi connectivity index (χ0) is 23.5. The van der Waals surface area contributed by atoms with E-state index in [1.807, 2.05) is 28.8 Å². The van der Waals surface area contributed by atoms with Gasteiger partial charge in [-0.2, -0.15) is 0 Å². The van der Waals surface area contributed by atoms with Crippen LogP contribution in [0.2, 0.25) is 0 Å². The van der Waals surface area contributed by atoms with Crippen LogP contribution in [0.5, 0.6) is 0 Å². The van der Waals surface area contributed by atoms with Crippen LogP contribution >= 0.6 is 0 Å². The van der Waals surface area contributed by atoms with E-state index < -0.39 is 11.9 Å². The molecule has 0 spiro atoms. The van der Waals surface area contributed by atoms with Crippen LogP contribution in [0.1, 0.15) is 43.9 Å². The van der Waals surface area contributed by atoms with Crippen molar-refractivity contribution in [2.24, 2.45) is 10.9 Å². The molecule has 0 atom stereocenters. The van der Waals surface area contributed by atoms with Gasteiger partial charge in [0.1, 0.15) is 17.2 Å². The molecular formula is C24H26N6O3. The molecule has 0 saturated heterocycles.